The predicted octanol–water partition coefficient (Wildman–Crippen LogP) is 5.01. The van der Waals surface area contributed by atoms with Gasteiger partial charge in [0.1, 0.15) is 5.60 Å². The number of benzene rings is 1. The molecule has 1 aromatic rings. The molecule has 0 aliphatic rings. The van der Waals surface area contributed by atoms with Crippen LogP contribution in [-0.4, -0.2) is 11.6 Å². The van der Waals surface area contributed by atoms with Crippen LogP contribution in [0.15, 0.2) is 30.3 Å². The first-order valence-electron chi connectivity index (χ1n) is 7.86. The molecule has 0 aliphatic heterocycles. The summed E-state index contributed by atoms with van der Waals surface area (Å²) in [6, 6.07) is 10.5. The number of rotatable bonds is 6. The number of carbonyl (C=O) groups excluding carboxylic acids is 1. The first-order chi connectivity index (χ1) is 9.59. The van der Waals surface area contributed by atoms with E-state index in [1.54, 1.807) is 0 Å². The molecule has 0 saturated heterocycles. The van der Waals surface area contributed by atoms with Gasteiger partial charge in [-0.1, -0.05) is 51.1 Å². The van der Waals surface area contributed by atoms with Crippen LogP contribution in [0.3, 0.4) is 0 Å². The van der Waals surface area contributed by atoms with Gasteiger partial charge >= 0.3 is 5.97 Å². The van der Waals surface area contributed by atoms with Crippen molar-refractivity contribution < 1.29 is 9.53 Å². The standard InChI is InChI=1S/C19H30O2/c1-15(17(20)21-18(2,3)4)14-19(5,6)13-12-16-10-8-7-9-11-16/h7-11,15H,12-14H2,1-6H3. The maximum Gasteiger partial charge on any atom is 0.309 e. The third kappa shape index (κ3) is 7.31. The minimum atomic E-state index is -0.403. The van der Waals surface area contributed by atoms with Gasteiger partial charge in [0.25, 0.3) is 0 Å². The van der Waals surface area contributed by atoms with Crippen LogP contribution >= 0.6 is 0 Å². The van der Waals surface area contributed by atoms with Crippen molar-refractivity contribution in [2.45, 2.75) is 66.4 Å². The lowest BCUT2D eigenvalue weighted by Crippen LogP contribution is -2.30. The van der Waals surface area contributed by atoms with Crippen molar-refractivity contribution in [1.29, 1.82) is 0 Å². The number of aryl methyl sites for hydroxylation is 1. The Morgan fingerprint density at radius 3 is 2.19 bits per heavy atom. The predicted molar refractivity (Wildman–Crippen MR) is 88.2 cm³/mol. The summed E-state index contributed by atoms with van der Waals surface area (Å²) in [4.78, 5) is 12.1. The van der Waals surface area contributed by atoms with Crippen molar-refractivity contribution in [3.8, 4) is 0 Å². The van der Waals surface area contributed by atoms with Crippen molar-refractivity contribution in [3.63, 3.8) is 0 Å². The SMILES string of the molecule is CC(CC(C)(C)CCc1ccccc1)C(=O)OC(C)(C)C. The lowest BCUT2D eigenvalue weighted by molar-refractivity contribution is -0.160. The first-order valence-corrected chi connectivity index (χ1v) is 7.86. The van der Waals surface area contributed by atoms with Crippen molar-refractivity contribution in [2.75, 3.05) is 0 Å². The Hall–Kier alpha value is -1.31. The van der Waals surface area contributed by atoms with Crippen molar-refractivity contribution in [3.05, 3.63) is 35.9 Å². The van der Waals surface area contributed by atoms with Gasteiger partial charge in [0, 0.05) is 0 Å². The highest BCUT2D eigenvalue weighted by atomic mass is 16.6. The number of esters is 1. The van der Waals surface area contributed by atoms with Crippen LogP contribution in [-0.2, 0) is 16.0 Å². The van der Waals surface area contributed by atoms with E-state index in [4.69, 9.17) is 4.74 Å². The van der Waals surface area contributed by atoms with E-state index in [0.29, 0.717) is 0 Å². The van der Waals surface area contributed by atoms with E-state index < -0.39 is 5.60 Å². The Morgan fingerprint density at radius 1 is 1.10 bits per heavy atom. The third-order valence-electron chi connectivity index (χ3n) is 3.60. The molecule has 1 aromatic carbocycles. The topological polar surface area (TPSA) is 26.3 Å². The van der Waals surface area contributed by atoms with Gasteiger partial charge in [-0.3, -0.25) is 4.79 Å². The molecule has 118 valence electrons. The average Bonchev–Trinajstić information content (AvgIpc) is 2.35. The van der Waals surface area contributed by atoms with E-state index in [-0.39, 0.29) is 17.3 Å². The van der Waals surface area contributed by atoms with Crippen LogP contribution in [0.1, 0.15) is 59.9 Å². The minimum absolute atomic E-state index is 0.0602. The molecule has 1 rings (SSSR count). The van der Waals surface area contributed by atoms with Gasteiger partial charge in [-0.05, 0) is 51.0 Å². The van der Waals surface area contributed by atoms with E-state index in [1.165, 1.54) is 5.56 Å². The van der Waals surface area contributed by atoms with Gasteiger partial charge in [-0.15, -0.1) is 0 Å². The summed E-state index contributed by atoms with van der Waals surface area (Å²) in [6.07, 6.45) is 2.98. The molecule has 0 bridgehead atoms. The zero-order valence-corrected chi connectivity index (χ0v) is 14.4. The maximum absolute atomic E-state index is 12.1. The molecule has 1 atom stereocenters. The largest absolute Gasteiger partial charge is 0.460 e. The molecule has 0 radical (unpaired) electrons. The van der Waals surface area contributed by atoms with Crippen LogP contribution in [0, 0.1) is 11.3 Å². The molecule has 2 nitrogen and oxygen atoms in total. The maximum atomic E-state index is 12.1. The fraction of sp³-hybridized carbons (Fsp3) is 0.632. The van der Waals surface area contributed by atoms with Gasteiger partial charge in [-0.25, -0.2) is 0 Å². The normalized spacial score (nSPS) is 13.8. The second-order valence-electron chi connectivity index (χ2n) is 7.79. The molecule has 0 saturated carbocycles. The Labute approximate surface area is 129 Å². The van der Waals surface area contributed by atoms with Crippen molar-refractivity contribution in [1.82, 2.24) is 0 Å². The quantitative estimate of drug-likeness (QED) is 0.688. The van der Waals surface area contributed by atoms with Gasteiger partial charge in [-0.2, -0.15) is 0 Å². The lowest BCUT2D eigenvalue weighted by Gasteiger charge is -2.29. The minimum Gasteiger partial charge on any atom is -0.460 e. The molecule has 0 amide bonds. The summed E-state index contributed by atoms with van der Waals surface area (Å²) >= 11 is 0. The fourth-order valence-electron chi connectivity index (χ4n) is 2.54. The number of ether oxygens (including phenoxy) is 1. The summed E-state index contributed by atoms with van der Waals surface area (Å²) < 4.78 is 5.47. The van der Waals surface area contributed by atoms with Crippen LogP contribution in [0.2, 0.25) is 0 Å². The zero-order chi connectivity index (χ0) is 16.1. The highest BCUT2D eigenvalue weighted by Crippen LogP contribution is 2.31. The van der Waals surface area contributed by atoms with Gasteiger partial charge in [0.2, 0.25) is 0 Å². The molecular weight excluding hydrogens is 260 g/mol. The monoisotopic (exact) mass is 290 g/mol. The van der Waals surface area contributed by atoms with E-state index in [0.717, 1.165) is 19.3 Å². The molecule has 0 fully saturated rings. The average molecular weight is 290 g/mol. The van der Waals surface area contributed by atoms with E-state index in [9.17, 15) is 4.79 Å². The summed E-state index contributed by atoms with van der Waals surface area (Å²) in [5, 5.41) is 0. The van der Waals surface area contributed by atoms with Gasteiger partial charge in [0.05, 0.1) is 5.92 Å². The van der Waals surface area contributed by atoms with Crippen LogP contribution < -0.4 is 0 Å². The van der Waals surface area contributed by atoms with Crippen molar-refractivity contribution >= 4 is 5.97 Å². The van der Waals surface area contributed by atoms with Crippen LogP contribution in [0.5, 0.6) is 0 Å². The lowest BCUT2D eigenvalue weighted by atomic mass is 9.79. The van der Waals surface area contributed by atoms with E-state index in [1.807, 2.05) is 33.8 Å². The highest BCUT2D eigenvalue weighted by Gasteiger charge is 2.28. The first kappa shape index (κ1) is 17.7. The van der Waals surface area contributed by atoms with E-state index >= 15 is 0 Å². The van der Waals surface area contributed by atoms with Crippen molar-refractivity contribution in [2.24, 2.45) is 11.3 Å². The summed E-state index contributed by atoms with van der Waals surface area (Å²) in [6.45, 7) is 12.2. The molecule has 21 heavy (non-hydrogen) atoms. The van der Waals surface area contributed by atoms with Crippen LogP contribution in [0.4, 0.5) is 0 Å². The Kier molecular flexibility index (Phi) is 6.00. The second kappa shape index (κ2) is 7.11. The number of hydrogen-bond donors (Lipinski definition) is 0. The van der Waals surface area contributed by atoms with Gasteiger partial charge < -0.3 is 4.74 Å². The smallest absolute Gasteiger partial charge is 0.309 e. The molecule has 0 N–H and O–H groups in total. The molecule has 0 aliphatic carbocycles. The summed E-state index contributed by atoms with van der Waals surface area (Å²) in [7, 11) is 0. The second-order valence-corrected chi connectivity index (χ2v) is 7.79. The molecule has 1 unspecified atom stereocenters. The number of hydrogen-bond acceptors (Lipinski definition) is 2. The molecule has 2 heteroatoms. The Balaban J connectivity index is 2.49. The van der Waals surface area contributed by atoms with Crippen LogP contribution in [0.25, 0.3) is 0 Å². The van der Waals surface area contributed by atoms with Gasteiger partial charge in [0.15, 0.2) is 0 Å². The third-order valence-corrected chi connectivity index (χ3v) is 3.60. The highest BCUT2D eigenvalue weighted by molar-refractivity contribution is 5.72. The molecule has 0 spiro atoms. The molecule has 0 aromatic heterocycles. The zero-order valence-electron chi connectivity index (χ0n) is 14.4. The fourth-order valence-corrected chi connectivity index (χ4v) is 2.54. The summed E-state index contributed by atoms with van der Waals surface area (Å²) in [5.41, 5.74) is 1.08. The van der Waals surface area contributed by atoms with E-state index in [2.05, 4.69) is 38.1 Å². The molecular formula is C19H30O2. The Bertz CT molecular complexity index is 440. The Morgan fingerprint density at radius 2 is 1.67 bits per heavy atom. The summed E-state index contributed by atoms with van der Waals surface area (Å²) in [5.74, 6) is -0.148. The molecule has 0 heterocycles. The number of carbonyl (C=O) groups is 1.